The number of aryl methyl sites for hydroxylation is 1. The normalized spacial score (nSPS) is 10.8. The summed E-state index contributed by atoms with van der Waals surface area (Å²) in [4.78, 5) is 22.3. The summed E-state index contributed by atoms with van der Waals surface area (Å²) in [5.74, 6) is -1.22. The molecule has 25 heavy (non-hydrogen) atoms. The van der Waals surface area contributed by atoms with Crippen molar-refractivity contribution in [2.45, 2.75) is 39.0 Å². The number of nitrogens with one attached hydrogen (secondary N) is 2. The number of carboxylic acid groups (broad SMARTS) is 1. The molecule has 0 heterocycles. The van der Waals surface area contributed by atoms with Gasteiger partial charge in [0.2, 0.25) is 0 Å². The van der Waals surface area contributed by atoms with E-state index in [0.29, 0.717) is 25.9 Å². The lowest BCUT2D eigenvalue weighted by molar-refractivity contribution is -0.137. The van der Waals surface area contributed by atoms with E-state index in [2.05, 4.69) is 29.7 Å². The summed E-state index contributed by atoms with van der Waals surface area (Å²) in [5, 5.41) is 23.3. The number of nitriles is 1. The van der Waals surface area contributed by atoms with Crippen LogP contribution in [0.2, 0.25) is 0 Å². The smallest absolute Gasteiger partial charge is 0.303 e. The molecule has 1 aromatic carbocycles. The fourth-order valence-corrected chi connectivity index (χ4v) is 2.30. The maximum atomic E-state index is 11.9. The SMILES string of the molecule is Cc1ccccc1CCN/C=C(/C#N)C(=O)NCCCCCC(=O)O. The van der Waals surface area contributed by atoms with Crippen LogP contribution in [0.15, 0.2) is 36.0 Å². The van der Waals surface area contributed by atoms with Gasteiger partial charge in [-0.25, -0.2) is 0 Å². The average Bonchev–Trinajstić information content (AvgIpc) is 2.59. The zero-order valence-electron chi connectivity index (χ0n) is 14.5. The number of carboxylic acids is 1. The molecule has 1 aromatic rings. The van der Waals surface area contributed by atoms with Crippen LogP contribution in [0.3, 0.4) is 0 Å². The van der Waals surface area contributed by atoms with Gasteiger partial charge < -0.3 is 15.7 Å². The van der Waals surface area contributed by atoms with Gasteiger partial charge in [-0.3, -0.25) is 9.59 Å². The number of aliphatic carboxylic acids is 1. The minimum atomic E-state index is -0.810. The first kappa shape index (κ1) is 20.2. The molecule has 6 nitrogen and oxygen atoms in total. The maximum absolute atomic E-state index is 11.9. The largest absolute Gasteiger partial charge is 0.481 e. The Morgan fingerprint density at radius 2 is 1.96 bits per heavy atom. The predicted octanol–water partition coefficient (Wildman–Crippen LogP) is 2.30. The number of hydrogen-bond donors (Lipinski definition) is 3. The van der Waals surface area contributed by atoms with Crippen LogP contribution in [0.1, 0.15) is 36.8 Å². The average molecular weight is 343 g/mol. The molecule has 134 valence electrons. The number of hydrogen-bond acceptors (Lipinski definition) is 4. The van der Waals surface area contributed by atoms with Gasteiger partial charge in [0.1, 0.15) is 11.6 Å². The van der Waals surface area contributed by atoms with Crippen LogP contribution in [0.25, 0.3) is 0 Å². The molecule has 0 radical (unpaired) electrons. The van der Waals surface area contributed by atoms with Gasteiger partial charge in [-0.2, -0.15) is 5.26 Å². The Hall–Kier alpha value is -2.81. The monoisotopic (exact) mass is 343 g/mol. The highest BCUT2D eigenvalue weighted by atomic mass is 16.4. The second kappa shape index (κ2) is 11.7. The van der Waals surface area contributed by atoms with E-state index in [0.717, 1.165) is 12.8 Å². The van der Waals surface area contributed by atoms with E-state index in [4.69, 9.17) is 10.4 Å². The third-order valence-corrected chi connectivity index (χ3v) is 3.76. The maximum Gasteiger partial charge on any atom is 0.303 e. The van der Waals surface area contributed by atoms with Crippen molar-refractivity contribution in [2.24, 2.45) is 0 Å². The number of nitrogens with zero attached hydrogens (tertiary/aromatic N) is 1. The Bertz CT molecular complexity index is 648. The fourth-order valence-electron chi connectivity index (χ4n) is 2.30. The molecular formula is C19H25N3O3. The molecule has 0 saturated heterocycles. The highest BCUT2D eigenvalue weighted by Gasteiger charge is 2.07. The van der Waals surface area contributed by atoms with Crippen LogP contribution in [0.4, 0.5) is 0 Å². The highest BCUT2D eigenvalue weighted by molar-refractivity contribution is 5.97. The van der Waals surface area contributed by atoms with E-state index in [1.165, 1.54) is 17.3 Å². The molecule has 3 N–H and O–H groups in total. The lowest BCUT2D eigenvalue weighted by atomic mass is 10.1. The molecule has 0 atom stereocenters. The van der Waals surface area contributed by atoms with Crippen molar-refractivity contribution >= 4 is 11.9 Å². The summed E-state index contributed by atoms with van der Waals surface area (Å²) in [6, 6.07) is 9.98. The Kier molecular flexibility index (Phi) is 9.46. The minimum Gasteiger partial charge on any atom is -0.481 e. The van der Waals surface area contributed by atoms with Gasteiger partial charge in [0.25, 0.3) is 5.91 Å². The lowest BCUT2D eigenvalue weighted by Crippen LogP contribution is -2.27. The quantitative estimate of drug-likeness (QED) is 0.325. The predicted molar refractivity (Wildman–Crippen MR) is 95.7 cm³/mol. The van der Waals surface area contributed by atoms with Crippen molar-refractivity contribution in [1.29, 1.82) is 5.26 Å². The third kappa shape index (κ3) is 8.56. The number of carbonyl (C=O) groups excluding carboxylic acids is 1. The van der Waals surface area contributed by atoms with Crippen molar-refractivity contribution in [3.63, 3.8) is 0 Å². The molecule has 1 amide bonds. The number of amides is 1. The molecule has 0 saturated carbocycles. The van der Waals surface area contributed by atoms with E-state index >= 15 is 0 Å². The number of benzene rings is 1. The molecular weight excluding hydrogens is 318 g/mol. The first-order chi connectivity index (χ1) is 12.0. The van der Waals surface area contributed by atoms with Crippen molar-refractivity contribution < 1.29 is 14.7 Å². The van der Waals surface area contributed by atoms with Crippen LogP contribution in [0.5, 0.6) is 0 Å². The Morgan fingerprint density at radius 3 is 2.64 bits per heavy atom. The second-order valence-corrected chi connectivity index (χ2v) is 5.76. The van der Waals surface area contributed by atoms with Crippen LogP contribution in [0, 0.1) is 18.3 Å². The van der Waals surface area contributed by atoms with Gasteiger partial charge >= 0.3 is 5.97 Å². The molecule has 0 spiro atoms. The molecule has 0 aromatic heterocycles. The molecule has 1 rings (SSSR count). The Morgan fingerprint density at radius 1 is 1.20 bits per heavy atom. The van der Waals surface area contributed by atoms with Gasteiger partial charge in [-0.15, -0.1) is 0 Å². The lowest BCUT2D eigenvalue weighted by Gasteiger charge is -2.06. The number of rotatable bonds is 11. The van der Waals surface area contributed by atoms with Crippen LogP contribution >= 0.6 is 0 Å². The topological polar surface area (TPSA) is 102 Å². The van der Waals surface area contributed by atoms with Gasteiger partial charge in [0.15, 0.2) is 0 Å². The summed E-state index contributed by atoms with van der Waals surface area (Å²) >= 11 is 0. The van der Waals surface area contributed by atoms with E-state index in [-0.39, 0.29) is 12.0 Å². The van der Waals surface area contributed by atoms with Crippen LogP contribution in [-0.2, 0) is 16.0 Å². The van der Waals surface area contributed by atoms with Gasteiger partial charge in [0, 0.05) is 25.7 Å². The van der Waals surface area contributed by atoms with Crippen molar-refractivity contribution in [3.05, 3.63) is 47.2 Å². The molecule has 6 heteroatoms. The summed E-state index contributed by atoms with van der Waals surface area (Å²) < 4.78 is 0. The van der Waals surface area contributed by atoms with Gasteiger partial charge in [-0.05, 0) is 37.3 Å². The molecule has 0 fully saturated rings. The minimum absolute atomic E-state index is 0.0373. The zero-order chi connectivity index (χ0) is 18.5. The van der Waals surface area contributed by atoms with E-state index < -0.39 is 11.9 Å². The van der Waals surface area contributed by atoms with E-state index in [1.807, 2.05) is 18.2 Å². The molecule has 0 aliphatic heterocycles. The second-order valence-electron chi connectivity index (χ2n) is 5.76. The highest BCUT2D eigenvalue weighted by Crippen LogP contribution is 2.06. The molecule has 0 unspecified atom stereocenters. The molecule has 0 bridgehead atoms. The Balaban J connectivity index is 2.28. The van der Waals surface area contributed by atoms with Gasteiger partial charge in [-0.1, -0.05) is 30.7 Å². The molecule has 0 aliphatic rings. The van der Waals surface area contributed by atoms with Gasteiger partial charge in [0.05, 0.1) is 0 Å². The fraction of sp³-hybridized carbons (Fsp3) is 0.421. The van der Waals surface area contributed by atoms with Crippen LogP contribution in [-0.4, -0.2) is 30.1 Å². The number of unbranched alkanes of at least 4 members (excludes halogenated alkanes) is 2. The van der Waals surface area contributed by atoms with Crippen molar-refractivity contribution in [1.82, 2.24) is 10.6 Å². The van der Waals surface area contributed by atoms with Crippen molar-refractivity contribution in [3.8, 4) is 6.07 Å². The Labute approximate surface area is 148 Å². The molecule has 0 aliphatic carbocycles. The summed E-state index contributed by atoms with van der Waals surface area (Å²) in [7, 11) is 0. The summed E-state index contributed by atoms with van der Waals surface area (Å²) in [6.07, 6.45) is 4.41. The first-order valence-electron chi connectivity index (χ1n) is 8.42. The van der Waals surface area contributed by atoms with Crippen molar-refractivity contribution in [2.75, 3.05) is 13.1 Å². The summed E-state index contributed by atoms with van der Waals surface area (Å²) in [5.41, 5.74) is 2.48. The first-order valence-corrected chi connectivity index (χ1v) is 8.42. The number of carbonyl (C=O) groups is 2. The van der Waals surface area contributed by atoms with E-state index in [9.17, 15) is 9.59 Å². The zero-order valence-corrected chi connectivity index (χ0v) is 14.5. The third-order valence-electron chi connectivity index (χ3n) is 3.76. The van der Waals surface area contributed by atoms with Crippen LogP contribution < -0.4 is 10.6 Å². The van der Waals surface area contributed by atoms with E-state index in [1.54, 1.807) is 0 Å². The summed E-state index contributed by atoms with van der Waals surface area (Å²) in [6.45, 7) is 3.12. The standard InChI is InChI=1S/C19H25N3O3/c1-15-7-4-5-8-16(15)10-12-21-14-17(13-20)19(25)22-11-6-2-3-9-18(23)24/h4-5,7-8,14,21H,2-3,6,9-12H2,1H3,(H,22,25)(H,23,24)/b17-14-.